The van der Waals surface area contributed by atoms with Gasteiger partial charge in [-0.2, -0.15) is 0 Å². The molecule has 1 aromatic carbocycles. The van der Waals surface area contributed by atoms with Crippen LogP contribution in [0.2, 0.25) is 0 Å². The Morgan fingerprint density at radius 3 is 2.33 bits per heavy atom. The fourth-order valence-corrected chi connectivity index (χ4v) is 1.59. The molecule has 1 rings (SSSR count). The summed E-state index contributed by atoms with van der Waals surface area (Å²) >= 11 is 0. The lowest BCUT2D eigenvalue weighted by molar-refractivity contribution is -0.120. The van der Waals surface area contributed by atoms with Crippen LogP contribution >= 0.6 is 0 Å². The van der Waals surface area contributed by atoms with Crippen molar-refractivity contribution in [1.29, 1.82) is 0 Å². The van der Waals surface area contributed by atoms with E-state index in [0.717, 1.165) is 6.42 Å². The molecule has 0 aliphatic carbocycles. The number of amides is 2. The number of nitrogens with two attached hydrogens (primary N) is 1. The molecule has 0 radical (unpaired) electrons. The maximum absolute atomic E-state index is 11.8. The van der Waals surface area contributed by atoms with Crippen molar-refractivity contribution in [1.82, 2.24) is 10.6 Å². The largest absolute Gasteiger partial charge is 0.409 e. The predicted octanol–water partition coefficient (Wildman–Crippen LogP) is 0.427. The van der Waals surface area contributed by atoms with Gasteiger partial charge in [-0.1, -0.05) is 24.2 Å². The lowest BCUT2D eigenvalue weighted by Gasteiger charge is -2.06. The molecular formula is C14H20N4O3. The van der Waals surface area contributed by atoms with Crippen LogP contribution in [0.15, 0.2) is 29.4 Å². The maximum atomic E-state index is 11.8. The van der Waals surface area contributed by atoms with E-state index in [1.165, 1.54) is 0 Å². The Kier molecular flexibility index (Phi) is 6.73. The minimum Gasteiger partial charge on any atom is -0.409 e. The molecule has 5 N–H and O–H groups in total. The minimum absolute atomic E-state index is 0.0189. The molecule has 0 aromatic heterocycles. The van der Waals surface area contributed by atoms with Gasteiger partial charge in [-0.3, -0.25) is 9.59 Å². The van der Waals surface area contributed by atoms with Crippen LogP contribution in [-0.2, 0) is 4.79 Å². The Hall–Kier alpha value is -2.57. The number of carbonyl (C=O) groups excluding carboxylic acids is 2. The maximum Gasteiger partial charge on any atom is 0.251 e. The van der Waals surface area contributed by atoms with E-state index < -0.39 is 0 Å². The molecule has 0 saturated heterocycles. The molecule has 7 heteroatoms. The number of nitrogens with one attached hydrogen (secondary N) is 2. The van der Waals surface area contributed by atoms with Gasteiger partial charge in [0, 0.05) is 30.6 Å². The van der Waals surface area contributed by atoms with E-state index in [9.17, 15) is 9.59 Å². The van der Waals surface area contributed by atoms with Crippen molar-refractivity contribution in [3.05, 3.63) is 35.4 Å². The van der Waals surface area contributed by atoms with Crippen LogP contribution in [-0.4, -0.2) is 35.9 Å². The zero-order chi connectivity index (χ0) is 15.7. The van der Waals surface area contributed by atoms with E-state index in [-0.39, 0.29) is 30.6 Å². The summed E-state index contributed by atoms with van der Waals surface area (Å²) in [6, 6.07) is 6.30. The first-order chi connectivity index (χ1) is 10.1. The lowest BCUT2D eigenvalue weighted by Crippen LogP contribution is -2.31. The molecule has 0 unspecified atom stereocenters. The standard InChI is InChI=1S/C14H20N4O3/c1-2-8-16-12(19)7-9-17-14(20)11-5-3-10(4-6-11)13(15)18-21/h3-6,21H,2,7-9H2,1H3,(H2,15,18)(H,16,19)(H,17,20). The van der Waals surface area contributed by atoms with Gasteiger partial charge in [0.05, 0.1) is 0 Å². The van der Waals surface area contributed by atoms with Gasteiger partial charge in [-0.15, -0.1) is 0 Å². The topological polar surface area (TPSA) is 117 Å². The van der Waals surface area contributed by atoms with Crippen LogP contribution in [0.3, 0.4) is 0 Å². The summed E-state index contributed by atoms with van der Waals surface area (Å²) in [5.41, 5.74) is 6.39. The first-order valence-corrected chi connectivity index (χ1v) is 6.71. The molecule has 0 spiro atoms. The zero-order valence-corrected chi connectivity index (χ0v) is 11.9. The Morgan fingerprint density at radius 1 is 1.14 bits per heavy atom. The van der Waals surface area contributed by atoms with Gasteiger partial charge in [-0.25, -0.2) is 0 Å². The van der Waals surface area contributed by atoms with E-state index in [1.54, 1.807) is 24.3 Å². The second-order valence-corrected chi connectivity index (χ2v) is 4.42. The number of amidine groups is 1. The van der Waals surface area contributed by atoms with Gasteiger partial charge in [0.2, 0.25) is 5.91 Å². The third-order valence-electron chi connectivity index (χ3n) is 2.76. The van der Waals surface area contributed by atoms with E-state index in [2.05, 4.69) is 15.8 Å². The van der Waals surface area contributed by atoms with E-state index in [1.807, 2.05) is 6.92 Å². The predicted molar refractivity (Wildman–Crippen MR) is 79.2 cm³/mol. The van der Waals surface area contributed by atoms with E-state index >= 15 is 0 Å². The van der Waals surface area contributed by atoms with Crippen molar-refractivity contribution >= 4 is 17.6 Å². The van der Waals surface area contributed by atoms with Crippen LogP contribution in [0, 0.1) is 0 Å². The van der Waals surface area contributed by atoms with Crippen molar-refractivity contribution in [2.45, 2.75) is 19.8 Å². The third kappa shape index (κ3) is 5.52. The number of nitrogens with zero attached hydrogens (tertiary/aromatic N) is 1. The Morgan fingerprint density at radius 2 is 1.76 bits per heavy atom. The second kappa shape index (κ2) is 8.57. The Balaban J connectivity index is 2.44. The minimum atomic E-state index is -0.274. The Labute approximate surface area is 123 Å². The monoisotopic (exact) mass is 292 g/mol. The molecule has 21 heavy (non-hydrogen) atoms. The van der Waals surface area contributed by atoms with Crippen LogP contribution in [0.5, 0.6) is 0 Å². The normalized spacial score (nSPS) is 11.0. The SMILES string of the molecule is CCCNC(=O)CCNC(=O)c1ccc(C(N)=NO)cc1. The molecule has 0 aliphatic heterocycles. The van der Waals surface area contributed by atoms with Crippen molar-refractivity contribution in [2.75, 3.05) is 13.1 Å². The molecule has 2 amide bonds. The van der Waals surface area contributed by atoms with E-state index in [0.29, 0.717) is 17.7 Å². The highest BCUT2D eigenvalue weighted by molar-refractivity contribution is 5.99. The highest BCUT2D eigenvalue weighted by Gasteiger charge is 2.07. The molecule has 114 valence electrons. The lowest BCUT2D eigenvalue weighted by atomic mass is 10.1. The number of carbonyl (C=O) groups is 2. The first-order valence-electron chi connectivity index (χ1n) is 6.71. The number of hydrogen-bond acceptors (Lipinski definition) is 4. The summed E-state index contributed by atoms with van der Waals surface area (Å²) in [5, 5.41) is 16.8. The quantitative estimate of drug-likeness (QED) is 0.252. The second-order valence-electron chi connectivity index (χ2n) is 4.42. The summed E-state index contributed by atoms with van der Waals surface area (Å²) in [6.45, 7) is 2.89. The van der Waals surface area contributed by atoms with Crippen molar-refractivity contribution < 1.29 is 14.8 Å². The van der Waals surface area contributed by atoms with Gasteiger partial charge in [0.25, 0.3) is 5.91 Å². The van der Waals surface area contributed by atoms with Crippen molar-refractivity contribution in [2.24, 2.45) is 10.9 Å². The fourth-order valence-electron chi connectivity index (χ4n) is 1.59. The third-order valence-corrected chi connectivity index (χ3v) is 2.76. The first kappa shape index (κ1) is 16.5. The molecule has 0 fully saturated rings. The summed E-state index contributed by atoms with van der Waals surface area (Å²) in [6.07, 6.45) is 1.12. The van der Waals surface area contributed by atoms with Gasteiger partial charge < -0.3 is 21.6 Å². The average Bonchev–Trinajstić information content (AvgIpc) is 2.52. The molecule has 0 aliphatic rings. The van der Waals surface area contributed by atoms with E-state index in [4.69, 9.17) is 10.9 Å². The molecule has 1 aromatic rings. The van der Waals surface area contributed by atoms with Crippen LogP contribution in [0.25, 0.3) is 0 Å². The summed E-state index contributed by atoms with van der Waals surface area (Å²) in [7, 11) is 0. The van der Waals surface area contributed by atoms with Crippen LogP contribution in [0.1, 0.15) is 35.7 Å². The van der Waals surface area contributed by atoms with Gasteiger partial charge in [0.1, 0.15) is 0 Å². The number of rotatable bonds is 7. The molecule has 7 nitrogen and oxygen atoms in total. The summed E-state index contributed by atoms with van der Waals surface area (Å²) in [4.78, 5) is 23.2. The summed E-state index contributed by atoms with van der Waals surface area (Å²) in [5.74, 6) is -0.377. The van der Waals surface area contributed by atoms with Crippen molar-refractivity contribution in [3.63, 3.8) is 0 Å². The van der Waals surface area contributed by atoms with Crippen molar-refractivity contribution in [3.8, 4) is 0 Å². The van der Waals surface area contributed by atoms with Gasteiger partial charge in [0.15, 0.2) is 5.84 Å². The number of hydrogen-bond donors (Lipinski definition) is 4. The highest BCUT2D eigenvalue weighted by atomic mass is 16.4. The molecule has 0 atom stereocenters. The molecule has 0 heterocycles. The Bertz CT molecular complexity index is 511. The smallest absolute Gasteiger partial charge is 0.251 e. The van der Waals surface area contributed by atoms with Gasteiger partial charge in [-0.05, 0) is 18.6 Å². The molecule has 0 bridgehead atoms. The zero-order valence-electron chi connectivity index (χ0n) is 11.9. The number of benzene rings is 1. The molecular weight excluding hydrogens is 272 g/mol. The molecule has 0 saturated carbocycles. The van der Waals surface area contributed by atoms with Crippen LogP contribution in [0.4, 0.5) is 0 Å². The van der Waals surface area contributed by atoms with Gasteiger partial charge >= 0.3 is 0 Å². The van der Waals surface area contributed by atoms with Crippen LogP contribution < -0.4 is 16.4 Å². The highest BCUT2D eigenvalue weighted by Crippen LogP contribution is 2.04. The summed E-state index contributed by atoms with van der Waals surface area (Å²) < 4.78 is 0. The average molecular weight is 292 g/mol. The fraction of sp³-hybridized carbons (Fsp3) is 0.357. The number of oxime groups is 1.